The average molecular weight is 437 g/mol. The van der Waals surface area contributed by atoms with Crippen molar-refractivity contribution in [1.82, 2.24) is 10.2 Å². The molecule has 2 amide bonds. The number of ether oxygens (including phenoxy) is 3. The third-order valence-electron chi connectivity index (χ3n) is 5.47. The van der Waals surface area contributed by atoms with Gasteiger partial charge in [0.15, 0.2) is 11.9 Å². The summed E-state index contributed by atoms with van der Waals surface area (Å²) in [6.45, 7) is 4.92. The highest BCUT2D eigenvalue weighted by atomic mass is 16.5. The predicted octanol–water partition coefficient (Wildman–Crippen LogP) is 1.74. The number of hydrogen-bond donors (Lipinski definition) is 1. The van der Waals surface area contributed by atoms with E-state index in [9.17, 15) is 9.59 Å². The predicted molar refractivity (Wildman–Crippen MR) is 120 cm³/mol. The van der Waals surface area contributed by atoms with Crippen LogP contribution in [0.3, 0.4) is 0 Å². The minimum atomic E-state index is -0.508. The molecule has 1 fully saturated rings. The van der Waals surface area contributed by atoms with Crippen LogP contribution in [0, 0.1) is 0 Å². The quantitative estimate of drug-likeness (QED) is 0.516. The molecule has 2 aliphatic heterocycles. The number of carbonyl (C=O) groups excluding carboxylic acids is 2. The van der Waals surface area contributed by atoms with Crippen LogP contribution in [-0.4, -0.2) is 75.0 Å². The van der Waals surface area contributed by atoms with Gasteiger partial charge in [0.1, 0.15) is 5.75 Å². The molecular weight excluding hydrogens is 410 g/mol. The second-order valence-electron chi connectivity index (χ2n) is 7.65. The first kappa shape index (κ1) is 22.0. The van der Waals surface area contributed by atoms with Gasteiger partial charge in [-0.3, -0.25) is 14.5 Å². The first-order valence-electron chi connectivity index (χ1n) is 10.8. The van der Waals surface area contributed by atoms with E-state index < -0.39 is 12.0 Å². The summed E-state index contributed by atoms with van der Waals surface area (Å²) in [6, 6.07) is 7.35. The van der Waals surface area contributed by atoms with Gasteiger partial charge in [-0.2, -0.15) is 0 Å². The Balaban J connectivity index is 1.36. The lowest BCUT2D eigenvalue weighted by atomic mass is 10.0. The molecule has 0 aromatic heterocycles. The van der Waals surface area contributed by atoms with Crippen LogP contribution in [-0.2, 0) is 19.1 Å². The first-order valence-corrected chi connectivity index (χ1v) is 10.8. The van der Waals surface area contributed by atoms with Crippen molar-refractivity contribution >= 4 is 23.6 Å². The van der Waals surface area contributed by atoms with E-state index in [2.05, 4.69) is 15.2 Å². The third kappa shape index (κ3) is 5.33. The maximum absolute atomic E-state index is 12.5. The summed E-state index contributed by atoms with van der Waals surface area (Å²) in [5, 5.41) is 2.93. The Bertz CT molecular complexity index is 989. The van der Waals surface area contributed by atoms with E-state index in [1.807, 2.05) is 24.3 Å². The molecule has 32 heavy (non-hydrogen) atoms. The SMILES string of the molecule is COc1ccccc1/C=C1/OC2C=CC(C(=O)NCCCN3CCOCC3)=CC2=NC1=O. The van der Waals surface area contributed by atoms with Gasteiger partial charge in [-0.25, -0.2) is 4.99 Å². The van der Waals surface area contributed by atoms with E-state index in [0.717, 1.165) is 44.8 Å². The topological polar surface area (TPSA) is 89.5 Å². The Morgan fingerprint density at radius 2 is 2.12 bits per heavy atom. The summed E-state index contributed by atoms with van der Waals surface area (Å²) in [4.78, 5) is 31.5. The molecule has 0 spiro atoms. The zero-order chi connectivity index (χ0) is 22.3. The van der Waals surface area contributed by atoms with Gasteiger partial charge in [-0.1, -0.05) is 18.2 Å². The van der Waals surface area contributed by atoms with Gasteiger partial charge in [0, 0.05) is 30.8 Å². The number of aliphatic imine (C=N–C) groups is 1. The molecule has 1 N–H and O–H groups in total. The highest BCUT2D eigenvalue weighted by Gasteiger charge is 2.29. The Labute approximate surface area is 187 Å². The summed E-state index contributed by atoms with van der Waals surface area (Å²) in [7, 11) is 1.57. The van der Waals surface area contributed by atoms with E-state index in [1.54, 1.807) is 31.4 Å². The largest absolute Gasteiger partial charge is 0.496 e. The van der Waals surface area contributed by atoms with Gasteiger partial charge in [0.25, 0.3) is 5.91 Å². The van der Waals surface area contributed by atoms with Gasteiger partial charge in [0.2, 0.25) is 0 Å². The highest BCUT2D eigenvalue weighted by molar-refractivity contribution is 6.16. The molecule has 1 unspecified atom stereocenters. The maximum atomic E-state index is 12.5. The number of para-hydroxylation sites is 1. The molecular formula is C24H27N3O5. The van der Waals surface area contributed by atoms with Gasteiger partial charge in [0.05, 0.1) is 26.0 Å². The summed E-state index contributed by atoms with van der Waals surface area (Å²) < 4.78 is 16.5. The van der Waals surface area contributed by atoms with Crippen LogP contribution in [0.1, 0.15) is 12.0 Å². The lowest BCUT2D eigenvalue weighted by Crippen LogP contribution is -2.38. The lowest BCUT2D eigenvalue weighted by Gasteiger charge is -2.26. The van der Waals surface area contributed by atoms with Crippen molar-refractivity contribution in [2.45, 2.75) is 12.5 Å². The van der Waals surface area contributed by atoms with Crippen molar-refractivity contribution in [2.24, 2.45) is 4.99 Å². The second kappa shape index (κ2) is 10.4. The summed E-state index contributed by atoms with van der Waals surface area (Å²) in [6.07, 6.45) is 7.04. The van der Waals surface area contributed by atoms with Crippen molar-refractivity contribution in [1.29, 1.82) is 0 Å². The number of benzene rings is 1. The zero-order valence-corrected chi connectivity index (χ0v) is 18.1. The number of rotatable bonds is 7. The van der Waals surface area contributed by atoms with Crippen LogP contribution in [0.4, 0.5) is 0 Å². The minimum Gasteiger partial charge on any atom is -0.496 e. The molecule has 0 radical (unpaired) electrons. The Hall–Kier alpha value is -3.23. The third-order valence-corrected chi connectivity index (χ3v) is 5.47. The van der Waals surface area contributed by atoms with Crippen LogP contribution in [0.15, 0.2) is 58.8 Å². The first-order chi connectivity index (χ1) is 15.6. The lowest BCUT2D eigenvalue weighted by molar-refractivity contribution is -0.119. The van der Waals surface area contributed by atoms with E-state index in [1.165, 1.54) is 0 Å². The van der Waals surface area contributed by atoms with E-state index >= 15 is 0 Å². The van der Waals surface area contributed by atoms with Crippen LogP contribution < -0.4 is 10.1 Å². The van der Waals surface area contributed by atoms with E-state index in [4.69, 9.17) is 14.2 Å². The number of nitrogens with one attached hydrogen (secondary N) is 1. The van der Waals surface area contributed by atoms with Crippen molar-refractivity contribution in [2.75, 3.05) is 46.5 Å². The number of fused-ring (bicyclic) bond motifs is 1. The Morgan fingerprint density at radius 3 is 2.94 bits per heavy atom. The molecule has 2 heterocycles. The standard InChI is InChI=1S/C24H27N3O5/c1-30-20-6-3-2-5-17(20)16-22-24(29)26-19-15-18(7-8-21(19)32-22)23(28)25-9-4-10-27-11-13-31-14-12-27/h2-3,5-8,15-16,21H,4,9-14H2,1H3,(H,25,28)/b22-16+. The van der Waals surface area contributed by atoms with Crippen molar-refractivity contribution < 1.29 is 23.8 Å². The number of amides is 2. The van der Waals surface area contributed by atoms with Gasteiger partial charge in [-0.15, -0.1) is 0 Å². The average Bonchev–Trinajstić information content (AvgIpc) is 2.83. The van der Waals surface area contributed by atoms with Crippen LogP contribution in [0.25, 0.3) is 6.08 Å². The molecule has 0 bridgehead atoms. The fraction of sp³-hybridized carbons (Fsp3) is 0.375. The van der Waals surface area contributed by atoms with Crippen molar-refractivity contribution in [3.63, 3.8) is 0 Å². The molecule has 8 nitrogen and oxygen atoms in total. The molecule has 1 atom stereocenters. The molecule has 168 valence electrons. The fourth-order valence-corrected chi connectivity index (χ4v) is 3.73. The number of methoxy groups -OCH3 is 1. The number of morpholine rings is 1. The molecule has 0 saturated carbocycles. The molecule has 4 rings (SSSR count). The van der Waals surface area contributed by atoms with Crippen LogP contribution in [0.5, 0.6) is 5.75 Å². The Morgan fingerprint density at radius 1 is 1.31 bits per heavy atom. The maximum Gasteiger partial charge on any atom is 0.312 e. The zero-order valence-electron chi connectivity index (χ0n) is 18.1. The molecule has 1 aromatic rings. The highest BCUT2D eigenvalue weighted by Crippen LogP contribution is 2.25. The monoisotopic (exact) mass is 437 g/mol. The second-order valence-corrected chi connectivity index (χ2v) is 7.65. The van der Waals surface area contributed by atoms with E-state index in [-0.39, 0.29) is 11.7 Å². The number of nitrogens with zero attached hydrogens (tertiary/aromatic N) is 2. The van der Waals surface area contributed by atoms with Crippen molar-refractivity contribution in [3.8, 4) is 5.75 Å². The number of carbonyl (C=O) groups is 2. The van der Waals surface area contributed by atoms with Crippen LogP contribution in [0.2, 0.25) is 0 Å². The van der Waals surface area contributed by atoms with Gasteiger partial charge >= 0.3 is 5.91 Å². The van der Waals surface area contributed by atoms with Gasteiger partial charge in [-0.05, 0) is 43.3 Å². The summed E-state index contributed by atoms with van der Waals surface area (Å²) in [5.41, 5.74) is 1.61. The minimum absolute atomic E-state index is 0.136. The molecule has 3 aliphatic rings. The van der Waals surface area contributed by atoms with Crippen LogP contribution >= 0.6 is 0 Å². The normalized spacial score (nSPS) is 22.0. The molecule has 1 aliphatic carbocycles. The number of hydrogen-bond acceptors (Lipinski definition) is 6. The van der Waals surface area contributed by atoms with E-state index in [0.29, 0.717) is 23.6 Å². The summed E-state index contributed by atoms with van der Waals surface area (Å²) >= 11 is 0. The molecule has 1 saturated heterocycles. The van der Waals surface area contributed by atoms with Crippen molar-refractivity contribution in [3.05, 3.63) is 59.4 Å². The fourth-order valence-electron chi connectivity index (χ4n) is 3.73. The molecule has 8 heteroatoms. The smallest absolute Gasteiger partial charge is 0.312 e. The summed E-state index contributed by atoms with van der Waals surface area (Å²) in [5.74, 6) is 0.0984. The van der Waals surface area contributed by atoms with Gasteiger partial charge < -0.3 is 19.5 Å². The Kier molecular flexibility index (Phi) is 7.14. The molecule has 1 aromatic carbocycles.